The molecule has 4 rings (SSSR count). The number of anilines is 2. The molecule has 31 heavy (non-hydrogen) atoms. The highest BCUT2D eigenvalue weighted by molar-refractivity contribution is 7.92. The molecule has 0 aromatic heterocycles. The van der Waals surface area contributed by atoms with Crippen molar-refractivity contribution in [1.29, 1.82) is 0 Å². The number of ether oxygens (including phenoxy) is 1. The second kappa shape index (κ2) is 7.73. The Kier molecular flexibility index (Phi) is 5.07. The fourth-order valence-electron chi connectivity index (χ4n) is 3.28. The van der Waals surface area contributed by atoms with Gasteiger partial charge in [-0.3, -0.25) is 19.6 Å². The SMILES string of the molecule is CCN1C(=O)c2cc(NS(=O)(=O)c3cccc([N+](=O)[O-])c3)ccc2Oc2ccccc21. The van der Waals surface area contributed by atoms with Gasteiger partial charge in [-0.15, -0.1) is 0 Å². The van der Waals surface area contributed by atoms with E-state index in [9.17, 15) is 23.3 Å². The summed E-state index contributed by atoms with van der Waals surface area (Å²) in [4.78, 5) is 24.7. The molecule has 1 aliphatic rings. The molecule has 158 valence electrons. The number of nitrogens with one attached hydrogen (secondary N) is 1. The van der Waals surface area contributed by atoms with Crippen molar-refractivity contribution in [2.45, 2.75) is 11.8 Å². The van der Waals surface area contributed by atoms with Gasteiger partial charge in [-0.25, -0.2) is 8.42 Å². The third-order valence-electron chi connectivity index (χ3n) is 4.74. The van der Waals surface area contributed by atoms with Crippen molar-refractivity contribution in [2.75, 3.05) is 16.2 Å². The predicted octanol–water partition coefficient (Wildman–Crippen LogP) is 4.17. The van der Waals surface area contributed by atoms with Crippen molar-refractivity contribution >= 4 is 33.0 Å². The van der Waals surface area contributed by atoms with Crippen molar-refractivity contribution < 1.29 is 22.9 Å². The fraction of sp³-hybridized carbons (Fsp3) is 0.0952. The average molecular weight is 439 g/mol. The van der Waals surface area contributed by atoms with Crippen LogP contribution in [0.1, 0.15) is 17.3 Å². The van der Waals surface area contributed by atoms with E-state index in [0.717, 1.165) is 6.07 Å². The third-order valence-corrected chi connectivity index (χ3v) is 6.12. The monoisotopic (exact) mass is 439 g/mol. The molecule has 0 fully saturated rings. The quantitative estimate of drug-likeness (QED) is 0.471. The molecule has 0 saturated heterocycles. The minimum atomic E-state index is -4.12. The normalized spacial score (nSPS) is 12.9. The van der Waals surface area contributed by atoms with Crippen LogP contribution < -0.4 is 14.4 Å². The first-order valence-corrected chi connectivity index (χ1v) is 10.8. The lowest BCUT2D eigenvalue weighted by Gasteiger charge is -2.19. The number of fused-ring (bicyclic) bond motifs is 2. The average Bonchev–Trinajstić information content (AvgIpc) is 2.87. The Bertz CT molecular complexity index is 1310. The summed E-state index contributed by atoms with van der Waals surface area (Å²) in [6.45, 7) is 2.22. The zero-order valence-corrected chi connectivity index (χ0v) is 17.1. The van der Waals surface area contributed by atoms with E-state index in [1.165, 1.54) is 36.4 Å². The number of rotatable bonds is 5. The van der Waals surface area contributed by atoms with E-state index in [2.05, 4.69) is 4.72 Å². The van der Waals surface area contributed by atoms with Crippen LogP contribution in [0.4, 0.5) is 17.1 Å². The van der Waals surface area contributed by atoms with Gasteiger partial charge in [0.05, 0.1) is 21.1 Å². The zero-order chi connectivity index (χ0) is 22.2. The van der Waals surface area contributed by atoms with Crippen molar-refractivity contribution in [3.8, 4) is 11.5 Å². The first-order valence-electron chi connectivity index (χ1n) is 9.30. The van der Waals surface area contributed by atoms with Gasteiger partial charge < -0.3 is 9.64 Å². The molecule has 0 aliphatic carbocycles. The summed E-state index contributed by atoms with van der Waals surface area (Å²) in [5, 5.41) is 11.0. The summed E-state index contributed by atoms with van der Waals surface area (Å²) in [5.74, 6) is 0.479. The lowest BCUT2D eigenvalue weighted by atomic mass is 10.1. The van der Waals surface area contributed by atoms with Gasteiger partial charge >= 0.3 is 0 Å². The Labute approximate surface area is 178 Å². The van der Waals surface area contributed by atoms with Gasteiger partial charge in [0.1, 0.15) is 5.75 Å². The molecule has 0 bridgehead atoms. The second-order valence-corrected chi connectivity index (χ2v) is 8.37. The Hall–Kier alpha value is -3.92. The van der Waals surface area contributed by atoms with Crippen LogP contribution in [0.5, 0.6) is 11.5 Å². The molecule has 1 amide bonds. The van der Waals surface area contributed by atoms with E-state index < -0.39 is 14.9 Å². The number of nitrogens with zero attached hydrogens (tertiary/aromatic N) is 2. The Morgan fingerprint density at radius 3 is 2.55 bits per heavy atom. The summed E-state index contributed by atoms with van der Waals surface area (Å²) >= 11 is 0. The predicted molar refractivity (Wildman–Crippen MR) is 114 cm³/mol. The number of sulfonamides is 1. The molecular weight excluding hydrogens is 422 g/mol. The fourth-order valence-corrected chi connectivity index (χ4v) is 4.37. The lowest BCUT2D eigenvalue weighted by Crippen LogP contribution is -2.29. The largest absolute Gasteiger partial charge is 0.454 e. The molecule has 0 unspecified atom stereocenters. The minimum absolute atomic E-state index is 0.129. The van der Waals surface area contributed by atoms with Gasteiger partial charge in [0.15, 0.2) is 5.75 Å². The van der Waals surface area contributed by atoms with Gasteiger partial charge in [0, 0.05) is 24.4 Å². The number of hydrogen-bond acceptors (Lipinski definition) is 6. The molecule has 0 saturated carbocycles. The highest BCUT2D eigenvalue weighted by Gasteiger charge is 2.28. The Morgan fingerprint density at radius 1 is 1.03 bits per heavy atom. The molecule has 10 heteroatoms. The number of para-hydroxylation sites is 2. The van der Waals surface area contributed by atoms with Crippen LogP contribution in [0, 0.1) is 10.1 Å². The van der Waals surface area contributed by atoms with Crippen LogP contribution in [0.3, 0.4) is 0 Å². The van der Waals surface area contributed by atoms with E-state index in [4.69, 9.17) is 4.74 Å². The minimum Gasteiger partial charge on any atom is -0.454 e. The molecule has 9 nitrogen and oxygen atoms in total. The smallest absolute Gasteiger partial charge is 0.270 e. The maximum atomic E-state index is 13.1. The Morgan fingerprint density at radius 2 is 1.81 bits per heavy atom. The van der Waals surface area contributed by atoms with Crippen molar-refractivity contribution in [2.24, 2.45) is 0 Å². The number of non-ortho nitro benzene ring substituents is 1. The number of carbonyl (C=O) groups excluding carboxylic acids is 1. The summed E-state index contributed by atoms with van der Waals surface area (Å²) in [6.07, 6.45) is 0. The van der Waals surface area contributed by atoms with Gasteiger partial charge in [-0.2, -0.15) is 0 Å². The first kappa shape index (κ1) is 20.4. The number of hydrogen-bond donors (Lipinski definition) is 1. The number of nitro benzene ring substituents is 1. The van der Waals surface area contributed by atoms with Crippen LogP contribution in [0.15, 0.2) is 71.6 Å². The summed E-state index contributed by atoms with van der Waals surface area (Å²) < 4.78 is 33.7. The lowest BCUT2D eigenvalue weighted by molar-refractivity contribution is -0.385. The molecular formula is C21H17N3O6S. The highest BCUT2D eigenvalue weighted by atomic mass is 32.2. The summed E-state index contributed by atoms with van der Waals surface area (Å²) in [5.41, 5.74) is 0.594. The van der Waals surface area contributed by atoms with Gasteiger partial charge in [0.25, 0.3) is 21.6 Å². The summed E-state index contributed by atoms with van der Waals surface area (Å²) in [7, 11) is -4.12. The van der Waals surface area contributed by atoms with Crippen LogP contribution in [-0.2, 0) is 10.0 Å². The van der Waals surface area contributed by atoms with Crippen LogP contribution in [-0.4, -0.2) is 25.8 Å². The zero-order valence-electron chi connectivity index (χ0n) is 16.3. The molecule has 3 aromatic carbocycles. The Balaban J connectivity index is 1.71. The topological polar surface area (TPSA) is 119 Å². The van der Waals surface area contributed by atoms with Crippen molar-refractivity contribution in [3.63, 3.8) is 0 Å². The van der Waals surface area contributed by atoms with E-state index in [-0.39, 0.29) is 27.7 Å². The number of nitro groups is 1. The number of carbonyl (C=O) groups is 1. The summed E-state index contributed by atoms with van der Waals surface area (Å²) in [6, 6.07) is 16.2. The van der Waals surface area contributed by atoms with Gasteiger partial charge in [0.2, 0.25) is 0 Å². The van der Waals surface area contributed by atoms with Crippen LogP contribution in [0.2, 0.25) is 0 Å². The maximum Gasteiger partial charge on any atom is 0.270 e. The van der Waals surface area contributed by atoms with Crippen LogP contribution >= 0.6 is 0 Å². The van der Waals surface area contributed by atoms with Crippen molar-refractivity contribution in [3.05, 3.63) is 82.4 Å². The van der Waals surface area contributed by atoms with Crippen LogP contribution in [0.25, 0.3) is 0 Å². The maximum absolute atomic E-state index is 13.1. The van der Waals surface area contributed by atoms with E-state index in [1.807, 2.05) is 6.92 Å². The first-order chi connectivity index (χ1) is 14.8. The molecule has 0 radical (unpaired) electrons. The van der Waals surface area contributed by atoms with Gasteiger partial charge in [-0.05, 0) is 43.3 Å². The van der Waals surface area contributed by atoms with Gasteiger partial charge in [-0.1, -0.05) is 18.2 Å². The molecule has 0 spiro atoms. The molecule has 3 aromatic rings. The van der Waals surface area contributed by atoms with Crippen molar-refractivity contribution in [1.82, 2.24) is 0 Å². The van der Waals surface area contributed by atoms with E-state index in [1.54, 1.807) is 29.2 Å². The van der Waals surface area contributed by atoms with E-state index in [0.29, 0.717) is 23.7 Å². The molecule has 1 heterocycles. The molecule has 1 aliphatic heterocycles. The highest BCUT2D eigenvalue weighted by Crippen LogP contribution is 2.39. The number of benzene rings is 3. The molecule has 1 N–H and O–H groups in total. The third kappa shape index (κ3) is 3.80. The standard InChI is InChI=1S/C21H17N3O6S/c1-2-23-18-8-3-4-9-20(18)30-19-11-10-14(12-17(19)21(23)25)22-31(28,29)16-7-5-6-15(13-16)24(26)27/h3-13,22H,2H2,1H3. The number of amides is 1. The second-order valence-electron chi connectivity index (χ2n) is 6.69. The molecule has 0 atom stereocenters. The van der Waals surface area contributed by atoms with E-state index >= 15 is 0 Å².